The van der Waals surface area contributed by atoms with Crippen molar-refractivity contribution in [2.75, 3.05) is 14.2 Å². The molecule has 3 rings (SSSR count). The minimum absolute atomic E-state index is 0.0997. The van der Waals surface area contributed by atoms with Gasteiger partial charge in [-0.15, -0.1) is 5.10 Å². The number of benzene rings is 1. The minimum Gasteiger partial charge on any atom is -0.493 e. The third-order valence-corrected chi connectivity index (χ3v) is 4.26. The quantitative estimate of drug-likeness (QED) is 0.701. The molecule has 130 valence electrons. The molecule has 1 N–H and O–H groups in total. The van der Waals surface area contributed by atoms with Crippen molar-refractivity contribution in [2.45, 2.75) is 13.0 Å². The monoisotopic (exact) mass is 358 g/mol. The second-order valence-electron chi connectivity index (χ2n) is 5.28. The smallest absolute Gasteiger partial charge is 0.224 e. The lowest BCUT2D eigenvalue weighted by Crippen LogP contribution is -2.24. The summed E-state index contributed by atoms with van der Waals surface area (Å²) < 4.78 is 12.1. The number of nitrogens with one attached hydrogen (secondary N) is 1. The summed E-state index contributed by atoms with van der Waals surface area (Å²) in [6.07, 6.45) is 2.05. The summed E-state index contributed by atoms with van der Waals surface area (Å²) in [6, 6.07) is 7.38. The van der Waals surface area contributed by atoms with Crippen LogP contribution < -0.4 is 14.8 Å². The van der Waals surface area contributed by atoms with Gasteiger partial charge >= 0.3 is 0 Å². The van der Waals surface area contributed by atoms with E-state index in [1.54, 1.807) is 48.6 Å². The van der Waals surface area contributed by atoms with Crippen LogP contribution in [0.5, 0.6) is 11.5 Å². The van der Waals surface area contributed by atoms with Crippen molar-refractivity contribution in [2.24, 2.45) is 0 Å². The normalized spacial score (nSPS) is 10.5. The van der Waals surface area contributed by atoms with E-state index in [0.717, 1.165) is 11.3 Å². The van der Waals surface area contributed by atoms with E-state index in [1.807, 2.05) is 22.9 Å². The molecule has 0 aliphatic heterocycles. The van der Waals surface area contributed by atoms with Crippen LogP contribution in [0.4, 0.5) is 0 Å². The van der Waals surface area contributed by atoms with Crippen LogP contribution in [0.2, 0.25) is 0 Å². The Labute approximate surface area is 149 Å². The standard InChI is InChI=1S/C17H18N4O3S/c1-23-15-4-3-12(7-16(15)24-2)8-17(22)18-9-13-10-21(20-19-13)14-5-6-25-11-14/h3-7,10-11H,8-9H2,1-2H3,(H,18,22). The molecule has 0 saturated carbocycles. The third kappa shape index (κ3) is 4.16. The van der Waals surface area contributed by atoms with Crippen molar-refractivity contribution in [1.29, 1.82) is 0 Å². The Morgan fingerprint density at radius 2 is 2.08 bits per heavy atom. The number of aromatic nitrogens is 3. The molecule has 2 heterocycles. The van der Waals surface area contributed by atoms with Gasteiger partial charge in [0.25, 0.3) is 0 Å². The highest BCUT2D eigenvalue weighted by molar-refractivity contribution is 7.08. The molecule has 3 aromatic rings. The third-order valence-electron chi connectivity index (χ3n) is 3.59. The van der Waals surface area contributed by atoms with E-state index in [4.69, 9.17) is 9.47 Å². The van der Waals surface area contributed by atoms with Crippen molar-refractivity contribution in [1.82, 2.24) is 20.3 Å². The molecule has 0 bridgehead atoms. The zero-order valence-corrected chi connectivity index (χ0v) is 14.7. The first-order chi connectivity index (χ1) is 12.2. The Morgan fingerprint density at radius 1 is 1.24 bits per heavy atom. The summed E-state index contributed by atoms with van der Waals surface area (Å²) in [5.41, 5.74) is 2.50. The Balaban J connectivity index is 1.56. The fourth-order valence-corrected chi connectivity index (χ4v) is 2.94. The number of rotatable bonds is 7. The van der Waals surface area contributed by atoms with Crippen LogP contribution in [0.3, 0.4) is 0 Å². The fraction of sp³-hybridized carbons (Fsp3) is 0.235. The maximum absolute atomic E-state index is 12.1. The van der Waals surface area contributed by atoms with Gasteiger partial charge in [-0.05, 0) is 29.1 Å². The molecule has 2 aromatic heterocycles. The van der Waals surface area contributed by atoms with Crippen LogP contribution in [-0.4, -0.2) is 35.1 Å². The number of carbonyl (C=O) groups excluding carboxylic acids is 1. The first-order valence-corrected chi connectivity index (χ1v) is 8.55. The Hall–Kier alpha value is -2.87. The molecule has 7 nitrogen and oxygen atoms in total. The van der Waals surface area contributed by atoms with Gasteiger partial charge in [-0.2, -0.15) is 11.3 Å². The van der Waals surface area contributed by atoms with Gasteiger partial charge in [0.15, 0.2) is 11.5 Å². The molecule has 0 fully saturated rings. The number of hydrogen-bond acceptors (Lipinski definition) is 6. The number of hydrogen-bond donors (Lipinski definition) is 1. The fourth-order valence-electron chi connectivity index (χ4n) is 2.32. The van der Waals surface area contributed by atoms with Crippen molar-refractivity contribution >= 4 is 17.2 Å². The number of thiophene rings is 1. The van der Waals surface area contributed by atoms with Gasteiger partial charge in [-0.25, -0.2) is 4.68 Å². The van der Waals surface area contributed by atoms with Gasteiger partial charge in [-0.1, -0.05) is 11.3 Å². The molecule has 0 saturated heterocycles. The van der Waals surface area contributed by atoms with Gasteiger partial charge in [0.2, 0.25) is 5.91 Å². The zero-order valence-electron chi connectivity index (χ0n) is 13.9. The molecule has 1 aromatic carbocycles. The predicted octanol–water partition coefficient (Wildman–Crippen LogP) is 2.20. The summed E-state index contributed by atoms with van der Waals surface area (Å²) in [4.78, 5) is 12.1. The van der Waals surface area contributed by atoms with E-state index in [-0.39, 0.29) is 12.3 Å². The molecule has 0 aliphatic rings. The first kappa shape index (κ1) is 17.0. The predicted molar refractivity (Wildman–Crippen MR) is 94.3 cm³/mol. The maximum atomic E-state index is 12.1. The van der Waals surface area contributed by atoms with Gasteiger partial charge < -0.3 is 14.8 Å². The molecular formula is C17H18N4O3S. The SMILES string of the molecule is COc1ccc(CC(=O)NCc2cn(-c3ccsc3)nn2)cc1OC. The van der Waals surface area contributed by atoms with E-state index in [2.05, 4.69) is 15.6 Å². The number of carbonyl (C=O) groups is 1. The Bertz CT molecular complexity index is 845. The van der Waals surface area contributed by atoms with E-state index in [9.17, 15) is 4.79 Å². The van der Waals surface area contributed by atoms with E-state index < -0.39 is 0 Å². The summed E-state index contributed by atoms with van der Waals surface area (Å²) >= 11 is 1.59. The average Bonchev–Trinajstić information content (AvgIpc) is 3.31. The highest BCUT2D eigenvalue weighted by atomic mass is 32.1. The highest BCUT2D eigenvalue weighted by Crippen LogP contribution is 2.27. The number of methoxy groups -OCH3 is 2. The van der Waals surface area contributed by atoms with Crippen LogP contribution in [0.1, 0.15) is 11.3 Å². The number of nitrogens with zero attached hydrogens (tertiary/aromatic N) is 3. The van der Waals surface area contributed by atoms with Crippen LogP contribution in [0, 0.1) is 0 Å². The first-order valence-electron chi connectivity index (χ1n) is 7.61. The zero-order chi connectivity index (χ0) is 17.6. The molecule has 0 atom stereocenters. The summed E-state index contributed by atoms with van der Waals surface area (Å²) in [5.74, 6) is 1.14. The number of ether oxygens (including phenoxy) is 2. The van der Waals surface area contributed by atoms with Crippen molar-refractivity contribution in [3.63, 3.8) is 0 Å². The van der Waals surface area contributed by atoms with E-state index >= 15 is 0 Å². The van der Waals surface area contributed by atoms with Crippen LogP contribution in [-0.2, 0) is 17.8 Å². The second kappa shape index (κ2) is 7.80. The van der Waals surface area contributed by atoms with E-state index in [1.165, 1.54) is 0 Å². The van der Waals surface area contributed by atoms with Crippen LogP contribution in [0.15, 0.2) is 41.2 Å². The number of amides is 1. The largest absolute Gasteiger partial charge is 0.493 e. The van der Waals surface area contributed by atoms with Crippen LogP contribution in [0.25, 0.3) is 5.69 Å². The summed E-state index contributed by atoms with van der Waals surface area (Å²) in [7, 11) is 3.14. The molecular weight excluding hydrogens is 340 g/mol. The topological polar surface area (TPSA) is 78.3 Å². The van der Waals surface area contributed by atoms with Crippen molar-refractivity contribution in [3.8, 4) is 17.2 Å². The molecule has 25 heavy (non-hydrogen) atoms. The molecule has 1 amide bonds. The van der Waals surface area contributed by atoms with Crippen molar-refractivity contribution in [3.05, 3.63) is 52.5 Å². The van der Waals surface area contributed by atoms with Gasteiger partial charge in [0.05, 0.1) is 39.1 Å². The van der Waals surface area contributed by atoms with E-state index in [0.29, 0.717) is 23.7 Å². The average molecular weight is 358 g/mol. The second-order valence-corrected chi connectivity index (χ2v) is 6.06. The van der Waals surface area contributed by atoms with Gasteiger partial charge in [0, 0.05) is 5.38 Å². The van der Waals surface area contributed by atoms with Gasteiger partial charge in [-0.3, -0.25) is 4.79 Å². The molecule has 0 radical (unpaired) electrons. The minimum atomic E-state index is -0.0997. The Morgan fingerprint density at radius 3 is 2.80 bits per heavy atom. The lowest BCUT2D eigenvalue weighted by molar-refractivity contribution is -0.120. The summed E-state index contributed by atoms with van der Waals surface area (Å²) in [6.45, 7) is 0.330. The highest BCUT2D eigenvalue weighted by Gasteiger charge is 2.09. The lowest BCUT2D eigenvalue weighted by Gasteiger charge is -2.09. The van der Waals surface area contributed by atoms with Gasteiger partial charge in [0.1, 0.15) is 5.69 Å². The molecule has 0 unspecified atom stereocenters. The molecule has 0 aliphatic carbocycles. The van der Waals surface area contributed by atoms with Crippen molar-refractivity contribution < 1.29 is 14.3 Å². The molecule has 8 heteroatoms. The Kier molecular flexibility index (Phi) is 5.30. The molecule has 0 spiro atoms. The van der Waals surface area contributed by atoms with Crippen LogP contribution >= 0.6 is 11.3 Å². The lowest BCUT2D eigenvalue weighted by atomic mass is 10.1. The maximum Gasteiger partial charge on any atom is 0.224 e. The summed E-state index contributed by atoms with van der Waals surface area (Å²) in [5, 5.41) is 14.9.